The Bertz CT molecular complexity index is 1220. The Balaban J connectivity index is 1.49. The SMILES string of the molecule is CCCCOC(=O)N1CCCN(C(C)c2ccc([C@@H]3CN(C(=O)C(C)(C)C)CCN3c3ccc(Cl)cc3F)cc2)CC1. The van der Waals surface area contributed by atoms with E-state index in [1.807, 2.05) is 30.6 Å². The van der Waals surface area contributed by atoms with Gasteiger partial charge in [0.25, 0.3) is 0 Å². The third-order valence-corrected chi connectivity index (χ3v) is 8.63. The molecule has 0 N–H and O–H groups in total. The van der Waals surface area contributed by atoms with Crippen LogP contribution in [0, 0.1) is 11.2 Å². The number of amides is 2. The second kappa shape index (κ2) is 14.1. The summed E-state index contributed by atoms with van der Waals surface area (Å²) in [6.07, 6.45) is 2.57. The summed E-state index contributed by atoms with van der Waals surface area (Å²) in [5, 5.41) is 0.359. The minimum atomic E-state index is -0.494. The second-order valence-electron chi connectivity index (χ2n) is 12.5. The van der Waals surface area contributed by atoms with E-state index in [1.54, 1.807) is 12.1 Å². The molecule has 0 radical (unpaired) electrons. The molecule has 1 unspecified atom stereocenters. The van der Waals surface area contributed by atoms with Crippen molar-refractivity contribution in [3.8, 4) is 0 Å². The third-order valence-electron chi connectivity index (χ3n) is 8.39. The minimum Gasteiger partial charge on any atom is -0.449 e. The van der Waals surface area contributed by atoms with E-state index >= 15 is 4.39 Å². The van der Waals surface area contributed by atoms with Gasteiger partial charge in [0.1, 0.15) is 5.82 Å². The van der Waals surface area contributed by atoms with Crippen molar-refractivity contribution >= 4 is 29.3 Å². The van der Waals surface area contributed by atoms with Gasteiger partial charge in [-0.15, -0.1) is 0 Å². The van der Waals surface area contributed by atoms with Gasteiger partial charge in [-0.05, 0) is 49.1 Å². The topological polar surface area (TPSA) is 56.3 Å². The molecule has 2 aliphatic rings. The standard InChI is InChI=1S/C33H46ClFN4O3/c1-6-7-21-42-32(41)37-16-8-15-36(17-18-37)24(2)25-9-11-26(12-10-25)30-23-38(31(40)33(3,4)5)19-20-39(30)29-14-13-27(34)22-28(29)35/h9-14,22,24,30H,6-8,15-21,23H2,1-5H3/t24?,30-/m0/s1. The molecule has 2 fully saturated rings. The van der Waals surface area contributed by atoms with E-state index in [4.69, 9.17) is 16.3 Å². The largest absolute Gasteiger partial charge is 0.449 e. The highest BCUT2D eigenvalue weighted by molar-refractivity contribution is 6.30. The number of piperazine rings is 1. The van der Waals surface area contributed by atoms with E-state index in [2.05, 4.69) is 47.9 Å². The molecule has 2 aromatic rings. The number of hydrogen-bond acceptors (Lipinski definition) is 5. The molecule has 2 amide bonds. The highest BCUT2D eigenvalue weighted by Gasteiger charge is 2.36. The number of carbonyl (C=O) groups is 2. The Labute approximate surface area is 255 Å². The van der Waals surface area contributed by atoms with E-state index in [1.165, 1.54) is 11.6 Å². The number of halogens is 2. The number of nitrogens with zero attached hydrogens (tertiary/aromatic N) is 4. The lowest BCUT2D eigenvalue weighted by Gasteiger charge is -2.44. The van der Waals surface area contributed by atoms with Gasteiger partial charge in [0.15, 0.2) is 0 Å². The van der Waals surface area contributed by atoms with E-state index in [0.29, 0.717) is 50.0 Å². The van der Waals surface area contributed by atoms with Crippen molar-refractivity contribution < 1.29 is 18.7 Å². The fourth-order valence-electron chi connectivity index (χ4n) is 5.84. The van der Waals surface area contributed by atoms with Crippen molar-refractivity contribution in [1.82, 2.24) is 14.7 Å². The molecule has 0 saturated carbocycles. The fraction of sp³-hybridized carbons (Fsp3) is 0.576. The molecule has 4 rings (SSSR count). The van der Waals surface area contributed by atoms with Crippen LogP contribution >= 0.6 is 11.6 Å². The van der Waals surface area contributed by atoms with Crippen LogP contribution in [0.25, 0.3) is 0 Å². The normalized spacial score (nSPS) is 19.4. The number of unbranched alkanes of at least 4 members (excludes halogenated alkanes) is 1. The van der Waals surface area contributed by atoms with Crippen molar-refractivity contribution in [3.63, 3.8) is 0 Å². The molecule has 0 spiro atoms. The Morgan fingerprint density at radius 2 is 1.71 bits per heavy atom. The van der Waals surface area contributed by atoms with Crippen LogP contribution in [0.1, 0.15) is 77.1 Å². The van der Waals surface area contributed by atoms with Gasteiger partial charge < -0.3 is 19.4 Å². The van der Waals surface area contributed by atoms with Crippen molar-refractivity contribution in [2.45, 2.75) is 66.0 Å². The predicted molar refractivity (Wildman–Crippen MR) is 166 cm³/mol. The molecular formula is C33H46ClFN4O3. The first kappa shape index (κ1) is 32.1. The third kappa shape index (κ3) is 7.75. The molecule has 2 aliphatic heterocycles. The van der Waals surface area contributed by atoms with Gasteiger partial charge in [-0.3, -0.25) is 9.69 Å². The van der Waals surface area contributed by atoms with E-state index < -0.39 is 5.41 Å². The average Bonchev–Trinajstić information content (AvgIpc) is 3.23. The van der Waals surface area contributed by atoms with Crippen LogP contribution in [0.15, 0.2) is 42.5 Å². The Hall–Kier alpha value is -2.84. The summed E-state index contributed by atoms with van der Waals surface area (Å²) in [6.45, 7) is 15.1. The molecule has 2 atom stereocenters. The van der Waals surface area contributed by atoms with Gasteiger partial charge in [0, 0.05) is 62.3 Å². The van der Waals surface area contributed by atoms with Gasteiger partial charge in [0.2, 0.25) is 5.91 Å². The molecule has 2 aromatic carbocycles. The zero-order valence-electron chi connectivity index (χ0n) is 25.7. The Morgan fingerprint density at radius 3 is 2.38 bits per heavy atom. The summed E-state index contributed by atoms with van der Waals surface area (Å²) < 4.78 is 20.5. The highest BCUT2D eigenvalue weighted by Crippen LogP contribution is 2.35. The van der Waals surface area contributed by atoms with Gasteiger partial charge in [-0.25, -0.2) is 9.18 Å². The van der Waals surface area contributed by atoms with Crippen LogP contribution in [0.4, 0.5) is 14.9 Å². The Morgan fingerprint density at radius 1 is 1.00 bits per heavy atom. The lowest BCUT2D eigenvalue weighted by atomic mass is 9.92. The van der Waals surface area contributed by atoms with Crippen molar-refractivity contribution in [1.29, 1.82) is 0 Å². The summed E-state index contributed by atoms with van der Waals surface area (Å²) in [4.78, 5) is 33.9. The summed E-state index contributed by atoms with van der Waals surface area (Å²) in [7, 11) is 0. The molecule has 2 saturated heterocycles. The van der Waals surface area contributed by atoms with Crippen LogP contribution < -0.4 is 4.90 Å². The van der Waals surface area contributed by atoms with Gasteiger partial charge in [-0.2, -0.15) is 0 Å². The molecule has 9 heteroatoms. The molecule has 0 aromatic heterocycles. The molecule has 0 bridgehead atoms. The van der Waals surface area contributed by atoms with Gasteiger partial charge in [0.05, 0.1) is 18.3 Å². The van der Waals surface area contributed by atoms with Crippen LogP contribution in [0.5, 0.6) is 0 Å². The number of rotatable bonds is 7. The van der Waals surface area contributed by atoms with Crippen LogP contribution in [0.3, 0.4) is 0 Å². The summed E-state index contributed by atoms with van der Waals surface area (Å²) in [5.41, 5.74) is 2.21. The van der Waals surface area contributed by atoms with E-state index in [9.17, 15) is 9.59 Å². The maximum Gasteiger partial charge on any atom is 0.409 e. The van der Waals surface area contributed by atoms with Gasteiger partial charge >= 0.3 is 6.09 Å². The maximum atomic E-state index is 15.1. The summed E-state index contributed by atoms with van der Waals surface area (Å²) in [6, 6.07) is 13.3. The number of anilines is 1. The number of ether oxygens (including phenoxy) is 1. The van der Waals surface area contributed by atoms with Crippen LogP contribution in [-0.4, -0.2) is 79.1 Å². The summed E-state index contributed by atoms with van der Waals surface area (Å²) >= 11 is 6.05. The second-order valence-corrected chi connectivity index (χ2v) is 12.9. The lowest BCUT2D eigenvalue weighted by Crippen LogP contribution is -2.53. The maximum absolute atomic E-state index is 15.1. The van der Waals surface area contributed by atoms with Crippen molar-refractivity contribution in [2.75, 3.05) is 57.3 Å². The summed E-state index contributed by atoms with van der Waals surface area (Å²) in [5.74, 6) is -0.267. The average molecular weight is 601 g/mol. The molecule has 42 heavy (non-hydrogen) atoms. The van der Waals surface area contributed by atoms with Gasteiger partial charge in [-0.1, -0.05) is 70.0 Å². The van der Waals surface area contributed by atoms with Crippen molar-refractivity contribution in [2.24, 2.45) is 5.41 Å². The Kier molecular flexibility index (Phi) is 10.8. The molecule has 230 valence electrons. The minimum absolute atomic E-state index is 0.0958. The van der Waals surface area contributed by atoms with Crippen LogP contribution in [-0.2, 0) is 9.53 Å². The highest BCUT2D eigenvalue weighted by atomic mass is 35.5. The first-order valence-corrected chi connectivity index (χ1v) is 15.6. The van der Waals surface area contributed by atoms with E-state index in [-0.39, 0.29) is 29.9 Å². The van der Waals surface area contributed by atoms with Crippen molar-refractivity contribution in [3.05, 3.63) is 64.4 Å². The van der Waals surface area contributed by atoms with E-state index in [0.717, 1.165) is 37.9 Å². The number of hydrogen-bond donors (Lipinski definition) is 0. The zero-order chi connectivity index (χ0) is 30.4. The molecule has 2 heterocycles. The molecule has 0 aliphatic carbocycles. The molecule has 7 nitrogen and oxygen atoms in total. The first-order chi connectivity index (χ1) is 20.0. The number of carbonyl (C=O) groups excluding carboxylic acids is 2. The number of benzene rings is 2. The fourth-order valence-corrected chi connectivity index (χ4v) is 6.00. The monoisotopic (exact) mass is 600 g/mol. The smallest absolute Gasteiger partial charge is 0.409 e. The first-order valence-electron chi connectivity index (χ1n) is 15.3. The quantitative estimate of drug-likeness (QED) is 0.323. The molecular weight excluding hydrogens is 555 g/mol. The zero-order valence-corrected chi connectivity index (χ0v) is 26.5. The predicted octanol–water partition coefficient (Wildman–Crippen LogP) is 6.92. The van der Waals surface area contributed by atoms with Crippen LogP contribution in [0.2, 0.25) is 5.02 Å². The lowest BCUT2D eigenvalue weighted by molar-refractivity contribution is -0.140.